The van der Waals surface area contributed by atoms with Gasteiger partial charge in [-0.3, -0.25) is 5.41 Å². The van der Waals surface area contributed by atoms with Crippen LogP contribution in [-0.2, 0) is 15.6 Å². The molecular weight excluding hydrogens is 492 g/mol. The highest BCUT2D eigenvalue weighted by Gasteiger charge is 2.33. The molecule has 0 amide bonds. The third kappa shape index (κ3) is 5.32. The Hall–Kier alpha value is -3.64. The van der Waals surface area contributed by atoms with E-state index in [4.69, 9.17) is 10.1 Å². The molecule has 0 aliphatic rings. The molecule has 0 unspecified atom stereocenters. The second-order valence-corrected chi connectivity index (χ2v) is 12.5. The van der Waals surface area contributed by atoms with Crippen molar-refractivity contribution in [2.45, 2.75) is 59.3 Å². The Labute approximate surface area is 229 Å². The van der Waals surface area contributed by atoms with Gasteiger partial charge in [0.05, 0.1) is 22.8 Å². The van der Waals surface area contributed by atoms with Crippen LogP contribution in [0.25, 0.3) is 22.4 Å². The van der Waals surface area contributed by atoms with E-state index in [2.05, 4.69) is 4.98 Å². The summed E-state index contributed by atoms with van der Waals surface area (Å²) in [5.41, 5.74) is 5.81. The molecular formula is C32H36N2O3S. The van der Waals surface area contributed by atoms with E-state index < -0.39 is 11.4 Å². The fraction of sp³-hybridized carbons (Fsp3) is 0.312. The quantitative estimate of drug-likeness (QED) is 0.174. The Morgan fingerprint density at radius 1 is 1.00 bits per heavy atom. The predicted molar refractivity (Wildman–Crippen MR) is 157 cm³/mol. The Balaban J connectivity index is 1.83. The van der Waals surface area contributed by atoms with Crippen molar-refractivity contribution < 1.29 is 14.6 Å². The molecule has 0 fully saturated rings. The van der Waals surface area contributed by atoms with E-state index in [-0.39, 0.29) is 17.8 Å². The van der Waals surface area contributed by atoms with Gasteiger partial charge in [0.25, 0.3) is 0 Å². The molecule has 0 atom stereocenters. The maximum Gasteiger partial charge on any atom is 0.338 e. The highest BCUT2D eigenvalue weighted by Crippen LogP contribution is 2.46. The lowest BCUT2D eigenvalue weighted by atomic mass is 9.74. The number of ether oxygens (including phenoxy) is 1. The second-order valence-electron chi connectivity index (χ2n) is 11.5. The van der Waals surface area contributed by atoms with Crippen molar-refractivity contribution in [3.63, 3.8) is 0 Å². The van der Waals surface area contributed by atoms with Crippen molar-refractivity contribution in [3.8, 4) is 28.1 Å². The normalized spacial score (nSPS) is 12.0. The van der Waals surface area contributed by atoms with Crippen LogP contribution in [0.3, 0.4) is 0 Å². The molecule has 0 spiro atoms. The SMILES string of the molecule is CCOC(=O)c1cc(C(C)(C)C)c(O)c(C(C)(C)C)c1-c1ccc(-c2cc(C(=N)c3cccs3)c[nH]2)cc1. The summed E-state index contributed by atoms with van der Waals surface area (Å²) < 4.78 is 5.47. The number of phenolic OH excluding ortho intramolecular Hbond substituents is 1. The molecule has 4 rings (SSSR count). The number of hydrogen-bond donors (Lipinski definition) is 3. The molecule has 3 N–H and O–H groups in total. The minimum absolute atomic E-state index is 0.221. The van der Waals surface area contributed by atoms with Gasteiger partial charge in [-0.25, -0.2) is 4.79 Å². The number of H-pyrrole nitrogens is 1. The summed E-state index contributed by atoms with van der Waals surface area (Å²) in [4.78, 5) is 17.4. The van der Waals surface area contributed by atoms with Crippen LogP contribution in [0.2, 0.25) is 0 Å². The van der Waals surface area contributed by atoms with Gasteiger partial charge in [-0.05, 0) is 52.5 Å². The van der Waals surface area contributed by atoms with Crippen LogP contribution in [-0.4, -0.2) is 28.4 Å². The molecule has 0 saturated heterocycles. The number of nitrogens with one attached hydrogen (secondary N) is 2. The van der Waals surface area contributed by atoms with Crippen molar-refractivity contribution in [3.05, 3.63) is 87.2 Å². The molecule has 198 valence electrons. The number of esters is 1. The molecule has 2 heterocycles. The Bertz CT molecular complexity index is 1460. The van der Waals surface area contributed by atoms with Gasteiger partial charge in [-0.2, -0.15) is 0 Å². The summed E-state index contributed by atoms with van der Waals surface area (Å²) in [6.07, 6.45) is 1.85. The average Bonchev–Trinajstić information content (AvgIpc) is 3.55. The number of phenols is 1. The van der Waals surface area contributed by atoms with E-state index in [1.807, 2.05) is 95.6 Å². The van der Waals surface area contributed by atoms with Crippen molar-refractivity contribution in [1.29, 1.82) is 5.41 Å². The first-order valence-electron chi connectivity index (χ1n) is 12.8. The molecule has 0 aliphatic carbocycles. The number of thiophene rings is 1. The smallest absolute Gasteiger partial charge is 0.338 e. The predicted octanol–water partition coefficient (Wildman–Crippen LogP) is 8.30. The zero-order valence-corrected chi connectivity index (χ0v) is 24.0. The lowest BCUT2D eigenvalue weighted by Gasteiger charge is -2.31. The van der Waals surface area contributed by atoms with E-state index in [0.717, 1.165) is 38.4 Å². The lowest BCUT2D eigenvalue weighted by Crippen LogP contribution is -2.21. The van der Waals surface area contributed by atoms with Gasteiger partial charge in [-0.15, -0.1) is 11.3 Å². The van der Waals surface area contributed by atoms with Crippen molar-refractivity contribution in [2.24, 2.45) is 0 Å². The number of hydrogen-bond acceptors (Lipinski definition) is 5. The van der Waals surface area contributed by atoms with E-state index in [9.17, 15) is 9.90 Å². The lowest BCUT2D eigenvalue weighted by molar-refractivity contribution is 0.0527. The van der Waals surface area contributed by atoms with Crippen LogP contribution in [0.15, 0.2) is 60.1 Å². The summed E-state index contributed by atoms with van der Waals surface area (Å²) in [6.45, 7) is 14.3. The number of rotatable bonds is 6. The van der Waals surface area contributed by atoms with E-state index in [0.29, 0.717) is 16.8 Å². The monoisotopic (exact) mass is 528 g/mol. The molecule has 2 aromatic carbocycles. The summed E-state index contributed by atoms with van der Waals surface area (Å²) >= 11 is 1.55. The summed E-state index contributed by atoms with van der Waals surface area (Å²) in [7, 11) is 0. The van der Waals surface area contributed by atoms with Crippen LogP contribution in [0.4, 0.5) is 0 Å². The average molecular weight is 529 g/mol. The van der Waals surface area contributed by atoms with Crippen molar-refractivity contribution in [1.82, 2.24) is 4.98 Å². The Morgan fingerprint density at radius 2 is 1.66 bits per heavy atom. The molecule has 38 heavy (non-hydrogen) atoms. The number of carbonyl (C=O) groups excluding carboxylic acids is 1. The van der Waals surface area contributed by atoms with Crippen LogP contribution in [0, 0.1) is 5.41 Å². The Morgan fingerprint density at radius 3 is 2.21 bits per heavy atom. The topological polar surface area (TPSA) is 86.2 Å². The zero-order valence-electron chi connectivity index (χ0n) is 23.2. The third-order valence-corrected chi connectivity index (χ3v) is 7.46. The van der Waals surface area contributed by atoms with Crippen LogP contribution >= 0.6 is 11.3 Å². The van der Waals surface area contributed by atoms with Crippen molar-refractivity contribution in [2.75, 3.05) is 6.61 Å². The molecule has 0 saturated carbocycles. The second kappa shape index (κ2) is 10.3. The maximum absolute atomic E-state index is 13.2. The summed E-state index contributed by atoms with van der Waals surface area (Å²) in [5, 5.41) is 22.0. The van der Waals surface area contributed by atoms with Gasteiger partial charge in [0, 0.05) is 34.1 Å². The zero-order chi connectivity index (χ0) is 27.8. The summed E-state index contributed by atoms with van der Waals surface area (Å²) in [6, 6.07) is 15.6. The number of aromatic amines is 1. The summed E-state index contributed by atoms with van der Waals surface area (Å²) in [5.74, 6) is -0.179. The first-order chi connectivity index (χ1) is 17.8. The number of aromatic nitrogens is 1. The molecule has 4 aromatic rings. The van der Waals surface area contributed by atoms with Gasteiger partial charge in [0.15, 0.2) is 0 Å². The number of carbonyl (C=O) groups is 1. The standard InChI is InChI=1S/C32H36N2O3S/c1-8-37-30(36)22-17-23(31(2,3)4)29(35)27(32(5,6)7)26(22)20-13-11-19(12-14-20)24-16-21(18-34-24)28(33)25-10-9-15-38-25/h9-18,33-35H,8H2,1-7H3. The fourth-order valence-electron chi connectivity index (χ4n) is 4.73. The van der Waals surface area contributed by atoms with E-state index >= 15 is 0 Å². The van der Waals surface area contributed by atoms with Gasteiger partial charge in [-0.1, -0.05) is 71.9 Å². The fourth-order valence-corrected chi connectivity index (χ4v) is 5.43. The molecule has 6 heteroatoms. The first-order valence-corrected chi connectivity index (χ1v) is 13.7. The maximum atomic E-state index is 13.2. The molecule has 5 nitrogen and oxygen atoms in total. The van der Waals surface area contributed by atoms with Gasteiger partial charge in [0.2, 0.25) is 0 Å². The van der Waals surface area contributed by atoms with Crippen LogP contribution < -0.4 is 0 Å². The van der Waals surface area contributed by atoms with Crippen LogP contribution in [0.1, 0.15) is 80.4 Å². The number of aromatic hydroxyl groups is 1. The highest BCUT2D eigenvalue weighted by molar-refractivity contribution is 7.12. The minimum Gasteiger partial charge on any atom is -0.507 e. The van der Waals surface area contributed by atoms with Gasteiger partial charge >= 0.3 is 5.97 Å². The first kappa shape index (κ1) is 27.4. The molecule has 0 aliphatic heterocycles. The number of benzene rings is 2. The Kier molecular flexibility index (Phi) is 7.39. The minimum atomic E-state index is -0.433. The van der Waals surface area contributed by atoms with E-state index in [1.165, 1.54) is 0 Å². The van der Waals surface area contributed by atoms with Gasteiger partial charge in [0.1, 0.15) is 5.75 Å². The van der Waals surface area contributed by atoms with E-state index in [1.54, 1.807) is 24.3 Å². The molecule has 0 radical (unpaired) electrons. The van der Waals surface area contributed by atoms with Gasteiger partial charge < -0.3 is 14.8 Å². The van der Waals surface area contributed by atoms with Crippen LogP contribution in [0.5, 0.6) is 5.75 Å². The third-order valence-electron chi connectivity index (χ3n) is 6.58. The molecule has 0 bridgehead atoms. The highest BCUT2D eigenvalue weighted by atomic mass is 32.1. The largest absolute Gasteiger partial charge is 0.507 e. The molecule has 2 aromatic heterocycles. The van der Waals surface area contributed by atoms with Crippen molar-refractivity contribution >= 4 is 23.0 Å².